The number of nitrogens with one attached hydrogen (secondary N) is 2. The summed E-state index contributed by atoms with van der Waals surface area (Å²) in [7, 11) is 3.77. The molecule has 3 heteroatoms. The number of nitrogens with zero attached hydrogens (tertiary/aromatic N) is 1. The molecule has 2 N–H and O–H groups in total. The first-order valence-corrected chi connectivity index (χ1v) is 2.91. The van der Waals surface area contributed by atoms with E-state index in [-0.39, 0.29) is 0 Å². The smallest absolute Gasteiger partial charge is 0.124 e. The van der Waals surface area contributed by atoms with E-state index in [1.807, 2.05) is 37.1 Å². The number of hydrogen-bond acceptors (Lipinski definition) is 2. The highest BCUT2D eigenvalue weighted by Gasteiger charge is 1.91. The molecule has 0 aliphatic carbocycles. The molecule has 0 bridgehead atoms. The molecule has 0 unspecified atom stereocenters. The van der Waals surface area contributed by atoms with Crippen LogP contribution in [0.5, 0.6) is 0 Å². The number of aromatic nitrogens is 1. The Morgan fingerprint density at radius 2 is 2.22 bits per heavy atom. The molecule has 0 saturated carbocycles. The minimum atomic E-state index is 1.07. The molecule has 0 amide bonds. The summed E-state index contributed by atoms with van der Waals surface area (Å²) in [6.45, 7) is 0. The lowest BCUT2D eigenvalue weighted by Crippen LogP contribution is -2.09. The van der Waals surface area contributed by atoms with E-state index < -0.39 is 0 Å². The Morgan fingerprint density at radius 1 is 1.44 bits per heavy atom. The molecule has 1 aromatic heterocycles. The van der Waals surface area contributed by atoms with Crippen LogP contribution in [0.2, 0.25) is 0 Å². The van der Waals surface area contributed by atoms with Gasteiger partial charge in [0.2, 0.25) is 0 Å². The maximum Gasteiger partial charge on any atom is 0.124 e. The molecule has 0 aliphatic rings. The van der Waals surface area contributed by atoms with Gasteiger partial charge in [0.1, 0.15) is 5.82 Å². The highest BCUT2D eigenvalue weighted by molar-refractivity contribution is 5.36. The van der Waals surface area contributed by atoms with Crippen LogP contribution in [0.25, 0.3) is 0 Å². The standard InChI is InChI=1S/C6H11N3/c1-7-6-4-3-5-9(6)8-2/h3-5,7-8H,1-2H3. The topological polar surface area (TPSA) is 29.0 Å². The average Bonchev–Trinajstić information content (AvgIpc) is 2.33. The van der Waals surface area contributed by atoms with Crippen LogP contribution in [0.4, 0.5) is 5.82 Å². The van der Waals surface area contributed by atoms with E-state index in [0.29, 0.717) is 0 Å². The Hall–Kier alpha value is -1.12. The summed E-state index contributed by atoms with van der Waals surface area (Å²) < 4.78 is 1.90. The van der Waals surface area contributed by atoms with Gasteiger partial charge in [0.25, 0.3) is 0 Å². The number of anilines is 1. The van der Waals surface area contributed by atoms with Crippen LogP contribution < -0.4 is 10.7 Å². The lowest BCUT2D eigenvalue weighted by molar-refractivity contribution is 0.942. The second-order valence-electron chi connectivity index (χ2n) is 1.74. The Morgan fingerprint density at radius 3 is 2.67 bits per heavy atom. The van der Waals surface area contributed by atoms with E-state index in [4.69, 9.17) is 0 Å². The van der Waals surface area contributed by atoms with Crippen molar-refractivity contribution in [1.82, 2.24) is 4.68 Å². The van der Waals surface area contributed by atoms with Crippen molar-refractivity contribution < 1.29 is 0 Å². The van der Waals surface area contributed by atoms with Crippen LogP contribution in [0.15, 0.2) is 18.3 Å². The lowest BCUT2D eigenvalue weighted by atomic mass is 10.6. The highest BCUT2D eigenvalue weighted by Crippen LogP contribution is 2.03. The molecule has 50 valence electrons. The molecule has 0 spiro atoms. The fourth-order valence-electron chi connectivity index (χ4n) is 0.780. The van der Waals surface area contributed by atoms with Gasteiger partial charge < -0.3 is 10.7 Å². The molecular weight excluding hydrogens is 114 g/mol. The maximum absolute atomic E-state index is 3.03. The van der Waals surface area contributed by atoms with Crippen molar-refractivity contribution in [3.63, 3.8) is 0 Å². The van der Waals surface area contributed by atoms with Gasteiger partial charge in [-0.3, -0.25) is 4.68 Å². The molecule has 0 aliphatic heterocycles. The van der Waals surface area contributed by atoms with Gasteiger partial charge >= 0.3 is 0 Å². The average molecular weight is 125 g/mol. The van der Waals surface area contributed by atoms with Crippen LogP contribution in [-0.2, 0) is 0 Å². The molecule has 1 rings (SSSR count). The maximum atomic E-state index is 3.03. The summed E-state index contributed by atoms with van der Waals surface area (Å²) >= 11 is 0. The fourth-order valence-corrected chi connectivity index (χ4v) is 0.780. The minimum absolute atomic E-state index is 1.07. The molecule has 0 saturated heterocycles. The molecule has 9 heavy (non-hydrogen) atoms. The normalized spacial score (nSPS) is 9.11. The summed E-state index contributed by atoms with van der Waals surface area (Å²) in [4.78, 5) is 0. The third kappa shape index (κ3) is 0.988. The first kappa shape index (κ1) is 6.01. The first-order chi connectivity index (χ1) is 4.38. The zero-order chi connectivity index (χ0) is 6.69. The quantitative estimate of drug-likeness (QED) is 0.609. The zero-order valence-corrected chi connectivity index (χ0v) is 5.68. The van der Waals surface area contributed by atoms with Gasteiger partial charge in [0, 0.05) is 20.3 Å². The second kappa shape index (κ2) is 2.44. The lowest BCUT2D eigenvalue weighted by Gasteiger charge is -2.05. The Kier molecular flexibility index (Phi) is 1.63. The van der Waals surface area contributed by atoms with E-state index in [0.717, 1.165) is 5.82 Å². The highest BCUT2D eigenvalue weighted by atomic mass is 15.4. The van der Waals surface area contributed by atoms with Crippen LogP contribution in [0.3, 0.4) is 0 Å². The van der Waals surface area contributed by atoms with Gasteiger partial charge in [0.15, 0.2) is 0 Å². The van der Waals surface area contributed by atoms with Gasteiger partial charge in [-0.25, -0.2) is 0 Å². The molecule has 0 fully saturated rings. The third-order valence-corrected chi connectivity index (χ3v) is 1.25. The van der Waals surface area contributed by atoms with Gasteiger partial charge in [-0.2, -0.15) is 0 Å². The van der Waals surface area contributed by atoms with Crippen molar-refractivity contribution in [3.8, 4) is 0 Å². The SMILES string of the molecule is CNc1cccn1NC. The Balaban J connectivity index is 2.85. The molecule has 1 heterocycles. The second-order valence-corrected chi connectivity index (χ2v) is 1.74. The van der Waals surface area contributed by atoms with Crippen LogP contribution in [0, 0.1) is 0 Å². The molecule has 1 aromatic rings. The van der Waals surface area contributed by atoms with Crippen molar-refractivity contribution in [2.45, 2.75) is 0 Å². The van der Waals surface area contributed by atoms with Gasteiger partial charge in [0.05, 0.1) is 0 Å². The zero-order valence-electron chi connectivity index (χ0n) is 5.68. The summed E-state index contributed by atoms with van der Waals surface area (Å²) in [5, 5.41) is 3.03. The fraction of sp³-hybridized carbons (Fsp3) is 0.333. The molecule has 0 atom stereocenters. The van der Waals surface area contributed by atoms with Crippen LogP contribution in [0.1, 0.15) is 0 Å². The Bertz CT molecular complexity index is 162. The van der Waals surface area contributed by atoms with E-state index in [9.17, 15) is 0 Å². The molecular formula is C6H11N3. The van der Waals surface area contributed by atoms with E-state index in [1.54, 1.807) is 0 Å². The summed E-state index contributed by atoms with van der Waals surface area (Å²) in [6.07, 6.45) is 1.95. The van der Waals surface area contributed by atoms with Crippen molar-refractivity contribution in [1.29, 1.82) is 0 Å². The van der Waals surface area contributed by atoms with E-state index in [2.05, 4.69) is 10.7 Å². The predicted molar refractivity (Wildman–Crippen MR) is 39.3 cm³/mol. The molecule has 0 aromatic carbocycles. The molecule has 3 nitrogen and oxygen atoms in total. The van der Waals surface area contributed by atoms with Crippen LogP contribution in [-0.4, -0.2) is 18.8 Å². The number of rotatable bonds is 2. The van der Waals surface area contributed by atoms with Gasteiger partial charge in [-0.1, -0.05) is 0 Å². The monoisotopic (exact) mass is 125 g/mol. The van der Waals surface area contributed by atoms with E-state index >= 15 is 0 Å². The van der Waals surface area contributed by atoms with Gasteiger partial charge in [-0.05, 0) is 12.1 Å². The summed E-state index contributed by atoms with van der Waals surface area (Å²) in [6, 6.07) is 3.97. The van der Waals surface area contributed by atoms with Crippen molar-refractivity contribution in [2.24, 2.45) is 0 Å². The van der Waals surface area contributed by atoms with Crippen molar-refractivity contribution in [3.05, 3.63) is 18.3 Å². The van der Waals surface area contributed by atoms with Gasteiger partial charge in [-0.15, -0.1) is 0 Å². The van der Waals surface area contributed by atoms with Crippen molar-refractivity contribution >= 4 is 5.82 Å². The third-order valence-electron chi connectivity index (χ3n) is 1.25. The number of hydrogen-bond donors (Lipinski definition) is 2. The predicted octanol–water partition coefficient (Wildman–Crippen LogP) is 0.703. The summed E-state index contributed by atoms with van der Waals surface area (Å²) in [5.41, 5.74) is 2.98. The van der Waals surface area contributed by atoms with Crippen LogP contribution >= 0.6 is 0 Å². The Labute approximate surface area is 54.7 Å². The van der Waals surface area contributed by atoms with Crippen molar-refractivity contribution in [2.75, 3.05) is 24.8 Å². The summed E-state index contributed by atoms with van der Waals surface area (Å²) in [5.74, 6) is 1.07. The van der Waals surface area contributed by atoms with E-state index in [1.165, 1.54) is 0 Å². The molecule has 0 radical (unpaired) electrons. The largest absolute Gasteiger partial charge is 0.373 e. The minimum Gasteiger partial charge on any atom is -0.373 e. The first-order valence-electron chi connectivity index (χ1n) is 2.91.